The Morgan fingerprint density at radius 2 is 0.854 bits per heavy atom. The smallest absolute Gasteiger partial charge is 0.431 e. The molecule has 0 heterocycles. The maximum Gasteiger partial charge on any atom is 0.431 e. The van der Waals surface area contributed by atoms with E-state index in [2.05, 4.69) is 15.9 Å². The van der Waals surface area contributed by atoms with E-state index in [1.807, 2.05) is 36.4 Å². The van der Waals surface area contributed by atoms with Crippen molar-refractivity contribution in [2.45, 2.75) is 61.7 Å². The van der Waals surface area contributed by atoms with Crippen LogP contribution in [-0.4, -0.2) is 141 Å². The average molecular weight is 914 g/mol. The van der Waals surface area contributed by atoms with E-state index in [1.54, 1.807) is 19.0 Å². The Kier molecular flexibility index (Phi) is 23.5. The quantitative estimate of drug-likeness (QED) is 0.108. The lowest BCUT2D eigenvalue weighted by Gasteiger charge is -2.29. The molecular formula is C22H40Br2F14N4O4S2. The van der Waals surface area contributed by atoms with Crippen molar-refractivity contribution in [1.29, 1.82) is 0 Å². The van der Waals surface area contributed by atoms with Crippen LogP contribution in [0.15, 0.2) is 0 Å². The topological polar surface area (TPSA) is 95.6 Å². The van der Waals surface area contributed by atoms with Gasteiger partial charge in [0.25, 0.3) is 11.3 Å². The molecule has 0 aliphatic rings. The zero-order valence-electron chi connectivity index (χ0n) is 26.5. The zero-order valence-corrected chi connectivity index (χ0v) is 31.3. The number of rotatable bonds is 16. The van der Waals surface area contributed by atoms with Gasteiger partial charge in [-0.2, -0.15) is 52.7 Å². The number of sulfonamides is 2. The summed E-state index contributed by atoms with van der Waals surface area (Å²) in [5.74, 6) is -1.43. The molecule has 48 heavy (non-hydrogen) atoms. The van der Waals surface area contributed by atoms with Gasteiger partial charge in [0.1, 0.15) is 0 Å². The van der Waals surface area contributed by atoms with Crippen LogP contribution >= 0.6 is 15.9 Å². The van der Waals surface area contributed by atoms with Crippen molar-refractivity contribution >= 4 is 36.0 Å². The first-order valence-corrected chi connectivity index (χ1v) is 17.8. The van der Waals surface area contributed by atoms with Crippen LogP contribution in [0, 0.1) is 0 Å². The fraction of sp³-hybridized carbons (Fsp3) is 1.00. The fourth-order valence-corrected chi connectivity index (χ4v) is 5.29. The SMILES string of the molecule is CBr.CN(C)CCCNS(=O)(=O)CCC(F)(C(F)(F)F)C(F)(F)F.C[N+](C)(C)CCCNS(=O)(=O)CCC(F)(C(F)(F)F)C(F)(F)F.[Br-]. The molecule has 0 aliphatic heterocycles. The van der Waals surface area contributed by atoms with Crippen LogP contribution in [0.5, 0.6) is 0 Å². The minimum atomic E-state index is -6.25. The Labute approximate surface area is 289 Å². The van der Waals surface area contributed by atoms with Crippen LogP contribution in [-0.2, 0) is 20.0 Å². The summed E-state index contributed by atoms with van der Waals surface area (Å²) in [7, 11) is -0.0514. The van der Waals surface area contributed by atoms with Gasteiger partial charge in [0.2, 0.25) is 20.0 Å². The van der Waals surface area contributed by atoms with Gasteiger partial charge in [0.05, 0.1) is 39.2 Å². The zero-order chi connectivity index (χ0) is 38.6. The molecule has 0 unspecified atom stereocenters. The normalized spacial score (nSPS) is 14.0. The third-order valence-electron chi connectivity index (χ3n) is 5.66. The molecular weight excluding hydrogens is 874 g/mol. The lowest BCUT2D eigenvalue weighted by atomic mass is 10.0. The molecule has 0 aromatic heterocycles. The van der Waals surface area contributed by atoms with Gasteiger partial charge in [-0.15, -0.1) is 0 Å². The van der Waals surface area contributed by atoms with Crippen molar-refractivity contribution in [2.24, 2.45) is 0 Å². The first-order chi connectivity index (χ1) is 20.5. The number of quaternary nitrogens is 1. The Morgan fingerprint density at radius 1 is 0.583 bits per heavy atom. The number of hydrogen-bond donors (Lipinski definition) is 2. The molecule has 26 heteroatoms. The Morgan fingerprint density at radius 3 is 1.08 bits per heavy atom. The highest BCUT2D eigenvalue weighted by Crippen LogP contribution is 2.49. The van der Waals surface area contributed by atoms with Crippen LogP contribution in [0.4, 0.5) is 61.5 Å². The molecule has 0 fully saturated rings. The lowest BCUT2D eigenvalue weighted by molar-refractivity contribution is -0.870. The van der Waals surface area contributed by atoms with E-state index in [1.165, 1.54) is 0 Å². The van der Waals surface area contributed by atoms with Crippen molar-refractivity contribution in [3.05, 3.63) is 0 Å². The molecule has 8 nitrogen and oxygen atoms in total. The van der Waals surface area contributed by atoms with E-state index in [-0.39, 0.29) is 30.1 Å². The Bertz CT molecular complexity index is 1080. The standard InChI is InChI=1S/C11H20F7N2O2S.C10H17F7N2O2S.CH3Br.BrH/c1-20(2,3)7-4-6-19-23(21,22)8-5-9(12,10(13,14)15)11(16,17)18;1-19(2)6-3-5-18-22(20,21)7-4-8(11,9(12,13)14)10(15,16)17;1-2;/h19H,4-8H2,1-3H3;18H,3-7H2,1-2H3;1H3;1H/q+1;;;/p-1. The highest BCUT2D eigenvalue weighted by atomic mass is 79.9. The monoisotopic (exact) mass is 912 g/mol. The van der Waals surface area contributed by atoms with E-state index in [0.717, 1.165) is 0 Å². The van der Waals surface area contributed by atoms with Crippen LogP contribution in [0.3, 0.4) is 0 Å². The van der Waals surface area contributed by atoms with Crippen LogP contribution in [0.1, 0.15) is 25.7 Å². The largest absolute Gasteiger partial charge is 1.00 e. The minimum Gasteiger partial charge on any atom is -1.00 e. The van der Waals surface area contributed by atoms with Gasteiger partial charge >= 0.3 is 24.7 Å². The summed E-state index contributed by atoms with van der Waals surface area (Å²) in [6.45, 7) is 0.661. The molecule has 0 aromatic carbocycles. The van der Waals surface area contributed by atoms with E-state index < -0.39 is 80.4 Å². The number of halogens is 16. The van der Waals surface area contributed by atoms with Crippen LogP contribution < -0.4 is 26.4 Å². The summed E-state index contributed by atoms with van der Waals surface area (Å²) in [6.07, 6.45) is -28.9. The van der Waals surface area contributed by atoms with Gasteiger partial charge in [-0.05, 0) is 32.9 Å². The molecule has 0 aliphatic carbocycles. The number of nitrogens with zero attached hydrogens (tertiary/aromatic N) is 2. The molecule has 0 amide bonds. The summed E-state index contributed by atoms with van der Waals surface area (Å²) in [5, 5.41) is 0. The molecule has 0 spiro atoms. The second kappa shape index (κ2) is 20.7. The molecule has 0 saturated carbocycles. The van der Waals surface area contributed by atoms with Crippen LogP contribution in [0.2, 0.25) is 0 Å². The van der Waals surface area contributed by atoms with Crippen molar-refractivity contribution < 1.29 is 99.8 Å². The lowest BCUT2D eigenvalue weighted by Crippen LogP contribution is -3.00. The Hall–Kier alpha value is -0.280. The Balaban J connectivity index is -0.000000376. The molecule has 0 bridgehead atoms. The van der Waals surface area contributed by atoms with Gasteiger partial charge in [-0.25, -0.2) is 35.1 Å². The average Bonchev–Trinajstić information content (AvgIpc) is 2.85. The second-order valence-electron chi connectivity index (χ2n) is 11.0. The van der Waals surface area contributed by atoms with Crippen LogP contribution in [0.25, 0.3) is 0 Å². The maximum absolute atomic E-state index is 13.3. The fourth-order valence-electron chi connectivity index (χ4n) is 2.99. The van der Waals surface area contributed by atoms with Gasteiger partial charge in [0, 0.05) is 32.4 Å². The first kappa shape index (κ1) is 54.5. The van der Waals surface area contributed by atoms with E-state index >= 15 is 0 Å². The molecule has 2 N–H and O–H groups in total. The predicted molar refractivity (Wildman–Crippen MR) is 150 cm³/mol. The first-order valence-electron chi connectivity index (χ1n) is 13.0. The minimum absolute atomic E-state index is 0. The summed E-state index contributed by atoms with van der Waals surface area (Å²) in [6, 6.07) is 0. The van der Waals surface area contributed by atoms with Gasteiger partial charge in [-0.1, -0.05) is 15.9 Å². The van der Waals surface area contributed by atoms with E-state index in [9.17, 15) is 78.3 Å². The molecule has 296 valence electrons. The molecule has 0 rings (SSSR count). The molecule has 0 atom stereocenters. The van der Waals surface area contributed by atoms with E-state index in [0.29, 0.717) is 30.4 Å². The van der Waals surface area contributed by atoms with Crippen molar-refractivity contribution in [3.63, 3.8) is 0 Å². The summed E-state index contributed by atoms with van der Waals surface area (Å²) in [5.41, 5.74) is -11.1. The third kappa shape index (κ3) is 20.5. The summed E-state index contributed by atoms with van der Waals surface area (Å²) >= 11 is 2.94. The van der Waals surface area contributed by atoms with Crippen molar-refractivity contribution in [1.82, 2.24) is 14.3 Å². The molecule has 0 saturated heterocycles. The number of alkyl halides is 15. The van der Waals surface area contributed by atoms with Crippen molar-refractivity contribution in [2.75, 3.05) is 78.8 Å². The molecule has 0 radical (unpaired) electrons. The highest BCUT2D eigenvalue weighted by molar-refractivity contribution is 9.08. The third-order valence-corrected chi connectivity index (χ3v) is 8.43. The van der Waals surface area contributed by atoms with Gasteiger partial charge < -0.3 is 26.4 Å². The molecule has 0 aromatic rings. The summed E-state index contributed by atoms with van der Waals surface area (Å²) < 4.78 is 224. The maximum atomic E-state index is 13.3. The highest BCUT2D eigenvalue weighted by Gasteiger charge is 2.73. The van der Waals surface area contributed by atoms with E-state index in [4.69, 9.17) is 0 Å². The predicted octanol–water partition coefficient (Wildman–Crippen LogP) is 2.32. The number of hydrogen-bond acceptors (Lipinski definition) is 5. The van der Waals surface area contributed by atoms with Gasteiger partial charge in [-0.3, -0.25) is 0 Å². The second-order valence-corrected chi connectivity index (χ2v) is 14.9. The number of nitrogens with one attached hydrogen (secondary N) is 2. The van der Waals surface area contributed by atoms with Crippen molar-refractivity contribution in [3.8, 4) is 0 Å². The van der Waals surface area contributed by atoms with Gasteiger partial charge in [0.15, 0.2) is 0 Å². The summed E-state index contributed by atoms with van der Waals surface area (Å²) in [4.78, 5) is 1.70.